The number of aromatic nitrogens is 3. The molecule has 50 heavy (non-hydrogen) atoms. The van der Waals surface area contributed by atoms with Crippen molar-refractivity contribution in [1.29, 1.82) is 0 Å². The van der Waals surface area contributed by atoms with E-state index in [1.807, 2.05) is 40.9 Å². The molecule has 5 heteroatoms. The van der Waals surface area contributed by atoms with Crippen molar-refractivity contribution < 1.29 is 0 Å². The number of benzene rings is 6. The Labute approximate surface area is 296 Å². The molecule has 0 saturated heterocycles. The van der Waals surface area contributed by atoms with Gasteiger partial charge in [0.05, 0.1) is 22.2 Å². The van der Waals surface area contributed by atoms with Crippen LogP contribution in [0.15, 0.2) is 146 Å². The van der Waals surface area contributed by atoms with Crippen LogP contribution in [0.4, 0.5) is 0 Å². The number of nitrogens with zero attached hydrogens (tertiary/aromatic N) is 3. The first-order chi connectivity index (χ1) is 24.7. The third-order valence-corrected chi connectivity index (χ3v) is 12.3. The fourth-order valence-corrected chi connectivity index (χ4v) is 9.93. The summed E-state index contributed by atoms with van der Waals surface area (Å²) in [6.07, 6.45) is 6.04. The number of hydrogen-bond donors (Lipinski definition) is 0. The average Bonchev–Trinajstić information content (AvgIpc) is 3.82. The van der Waals surface area contributed by atoms with Gasteiger partial charge in [-0.05, 0) is 60.3 Å². The summed E-state index contributed by atoms with van der Waals surface area (Å²) in [5, 5.41) is 7.34. The number of hydrogen-bond acceptors (Lipinski definition) is 4. The van der Waals surface area contributed by atoms with Crippen LogP contribution in [0.5, 0.6) is 0 Å². The Morgan fingerprint density at radius 3 is 2.26 bits per heavy atom. The molecule has 10 rings (SSSR count). The molecule has 0 aliphatic carbocycles. The Morgan fingerprint density at radius 1 is 0.640 bits per heavy atom. The van der Waals surface area contributed by atoms with Gasteiger partial charge in [-0.2, -0.15) is 0 Å². The smallest absolute Gasteiger partial charge is 0.161 e. The molecule has 10 aromatic rings. The lowest BCUT2D eigenvalue weighted by Gasteiger charge is -2.13. The third kappa shape index (κ3) is 4.34. The molecule has 236 valence electrons. The number of aryl methyl sites for hydroxylation is 1. The van der Waals surface area contributed by atoms with Gasteiger partial charge in [0.2, 0.25) is 0 Å². The van der Waals surface area contributed by atoms with E-state index in [9.17, 15) is 0 Å². The van der Waals surface area contributed by atoms with Crippen LogP contribution in [0.25, 0.3) is 97.4 Å². The second-order valence-electron chi connectivity index (χ2n) is 12.6. The van der Waals surface area contributed by atoms with Gasteiger partial charge in [0.25, 0.3) is 0 Å². The molecule has 0 amide bonds. The normalized spacial score (nSPS) is 12.1. The van der Waals surface area contributed by atoms with Gasteiger partial charge in [0, 0.05) is 62.7 Å². The fourth-order valence-electron chi connectivity index (χ4n) is 7.46. The quantitative estimate of drug-likeness (QED) is 0.170. The molecule has 0 unspecified atom stereocenters. The minimum Gasteiger partial charge on any atom is -0.309 e. The molecule has 0 aliphatic heterocycles. The molecule has 4 heterocycles. The van der Waals surface area contributed by atoms with Crippen molar-refractivity contribution in [3.8, 4) is 28.3 Å². The van der Waals surface area contributed by atoms with Gasteiger partial charge in [-0.3, -0.25) is 0 Å². The van der Waals surface area contributed by atoms with Crippen LogP contribution in [0.3, 0.4) is 0 Å². The van der Waals surface area contributed by atoms with Gasteiger partial charge in [0.15, 0.2) is 5.82 Å². The molecule has 0 saturated carbocycles. The summed E-state index contributed by atoms with van der Waals surface area (Å²) in [6, 6.07) is 45.6. The lowest BCUT2D eigenvalue weighted by atomic mass is 10.0. The molecule has 0 fully saturated rings. The van der Waals surface area contributed by atoms with E-state index < -0.39 is 0 Å². The van der Waals surface area contributed by atoms with E-state index in [0.717, 1.165) is 39.2 Å². The van der Waals surface area contributed by atoms with Gasteiger partial charge in [0.1, 0.15) is 0 Å². The van der Waals surface area contributed by atoms with Crippen molar-refractivity contribution in [2.75, 3.05) is 0 Å². The van der Waals surface area contributed by atoms with E-state index in [4.69, 9.17) is 9.97 Å². The van der Waals surface area contributed by atoms with E-state index in [2.05, 4.69) is 145 Å². The first-order valence-corrected chi connectivity index (χ1v) is 18.3. The summed E-state index contributed by atoms with van der Waals surface area (Å²) in [6.45, 7) is 6.12. The lowest BCUT2D eigenvalue weighted by Crippen LogP contribution is -1.98. The van der Waals surface area contributed by atoms with Gasteiger partial charge >= 0.3 is 0 Å². The Morgan fingerprint density at radius 2 is 1.40 bits per heavy atom. The van der Waals surface area contributed by atoms with Crippen molar-refractivity contribution in [2.45, 2.75) is 6.92 Å². The number of fused-ring (bicyclic) bond motifs is 9. The molecule has 0 atom stereocenters. The SMILES string of the molecule is C=C/C=C\c1sc2c(ccc3c2c2ccccc2n3-c2cc(-c3nc(-c4ccccc4)c4ccccc4n3)c3sc4ccccc4c3c2)c1C. The molecule has 0 radical (unpaired) electrons. The second-order valence-corrected chi connectivity index (χ2v) is 14.7. The molecule has 0 N–H and O–H groups in total. The summed E-state index contributed by atoms with van der Waals surface area (Å²) >= 11 is 3.67. The molecule has 3 nitrogen and oxygen atoms in total. The maximum Gasteiger partial charge on any atom is 0.161 e. The summed E-state index contributed by atoms with van der Waals surface area (Å²) in [4.78, 5) is 11.9. The largest absolute Gasteiger partial charge is 0.309 e. The predicted molar refractivity (Wildman–Crippen MR) is 217 cm³/mol. The summed E-state index contributed by atoms with van der Waals surface area (Å²) in [5.74, 6) is 0.733. The lowest BCUT2D eigenvalue weighted by molar-refractivity contribution is 1.18. The highest BCUT2D eigenvalue weighted by Crippen LogP contribution is 2.45. The van der Waals surface area contributed by atoms with Crippen LogP contribution in [-0.4, -0.2) is 14.5 Å². The number of rotatable bonds is 5. The zero-order chi connectivity index (χ0) is 33.3. The van der Waals surface area contributed by atoms with Crippen molar-refractivity contribution in [1.82, 2.24) is 14.5 Å². The molecular formula is C45H29N3S2. The highest BCUT2D eigenvalue weighted by Gasteiger charge is 2.22. The minimum atomic E-state index is 0.733. The minimum absolute atomic E-state index is 0.733. The zero-order valence-corrected chi connectivity index (χ0v) is 28.9. The first kappa shape index (κ1) is 29.1. The van der Waals surface area contributed by atoms with Crippen LogP contribution >= 0.6 is 22.7 Å². The predicted octanol–water partition coefficient (Wildman–Crippen LogP) is 13.2. The van der Waals surface area contributed by atoms with Crippen LogP contribution in [-0.2, 0) is 0 Å². The van der Waals surface area contributed by atoms with Gasteiger partial charge < -0.3 is 4.57 Å². The summed E-state index contributed by atoms with van der Waals surface area (Å²) in [5.41, 5.74) is 8.77. The fraction of sp³-hybridized carbons (Fsp3) is 0.0222. The average molecular weight is 676 g/mol. The number of thiophene rings is 2. The highest BCUT2D eigenvalue weighted by molar-refractivity contribution is 7.26. The van der Waals surface area contributed by atoms with Gasteiger partial charge in [-0.1, -0.05) is 110 Å². The zero-order valence-electron chi connectivity index (χ0n) is 27.2. The van der Waals surface area contributed by atoms with E-state index in [1.54, 1.807) is 0 Å². The van der Waals surface area contributed by atoms with Crippen molar-refractivity contribution in [3.05, 3.63) is 157 Å². The van der Waals surface area contributed by atoms with Crippen LogP contribution in [0.2, 0.25) is 0 Å². The van der Waals surface area contributed by atoms with E-state index in [0.29, 0.717) is 0 Å². The molecule has 0 spiro atoms. The summed E-state index contributed by atoms with van der Waals surface area (Å²) < 4.78 is 6.20. The van der Waals surface area contributed by atoms with Crippen LogP contribution in [0, 0.1) is 6.92 Å². The molecular weight excluding hydrogens is 647 g/mol. The van der Waals surface area contributed by atoms with Crippen molar-refractivity contribution in [3.63, 3.8) is 0 Å². The Hall–Kier alpha value is -5.88. The third-order valence-electron chi connectivity index (χ3n) is 9.77. The van der Waals surface area contributed by atoms with E-state index in [1.165, 1.54) is 62.5 Å². The highest BCUT2D eigenvalue weighted by atomic mass is 32.1. The maximum absolute atomic E-state index is 5.36. The molecule has 0 bridgehead atoms. The number of para-hydroxylation sites is 2. The van der Waals surface area contributed by atoms with Crippen LogP contribution in [0.1, 0.15) is 10.4 Å². The Balaban J connectivity index is 1.32. The first-order valence-electron chi connectivity index (χ1n) is 16.7. The van der Waals surface area contributed by atoms with Gasteiger partial charge in [-0.25, -0.2) is 9.97 Å². The van der Waals surface area contributed by atoms with E-state index >= 15 is 0 Å². The van der Waals surface area contributed by atoms with Crippen molar-refractivity contribution >= 4 is 91.7 Å². The van der Waals surface area contributed by atoms with E-state index in [-0.39, 0.29) is 0 Å². The topological polar surface area (TPSA) is 30.7 Å². The number of allylic oxidation sites excluding steroid dienone is 2. The standard InChI is InChI=1S/C45H29N3S2/c1-3-4-21-39-27(2)30-23-24-38-41(44(30)49-39)33-18-9-12-20-37(33)48(38)29-25-34-31-16-10-13-22-40(31)50-43(34)35(26-29)45-46-36-19-11-8-17-32(36)42(47-45)28-14-6-5-7-15-28/h3-26H,1H2,2H3/b21-4-. The molecule has 6 aromatic carbocycles. The summed E-state index contributed by atoms with van der Waals surface area (Å²) in [7, 11) is 0. The van der Waals surface area contributed by atoms with Crippen LogP contribution < -0.4 is 0 Å². The monoisotopic (exact) mass is 675 g/mol. The molecule has 4 aromatic heterocycles. The second kappa shape index (κ2) is 11.3. The Kier molecular flexibility index (Phi) is 6.60. The van der Waals surface area contributed by atoms with Gasteiger partial charge in [-0.15, -0.1) is 22.7 Å². The van der Waals surface area contributed by atoms with Crippen molar-refractivity contribution in [2.24, 2.45) is 0 Å². The maximum atomic E-state index is 5.36. The molecule has 0 aliphatic rings. The Bertz CT molecular complexity index is 3010.